The quantitative estimate of drug-likeness (QED) is 0.259. The number of rotatable bonds is 9. The summed E-state index contributed by atoms with van der Waals surface area (Å²) in [4.78, 5) is 24.8. The van der Waals surface area contributed by atoms with Gasteiger partial charge in [-0.05, 0) is 84.9 Å². The van der Waals surface area contributed by atoms with Crippen LogP contribution in [0.2, 0.25) is 5.02 Å². The van der Waals surface area contributed by atoms with E-state index in [1.807, 2.05) is 48.5 Å². The molecule has 238 valence electrons. The van der Waals surface area contributed by atoms with E-state index < -0.39 is 7.12 Å². The van der Waals surface area contributed by atoms with E-state index >= 15 is 0 Å². The Morgan fingerprint density at radius 2 is 1.93 bits per heavy atom. The number of hydroxylamine groups is 2. The zero-order chi connectivity index (χ0) is 31.5. The Bertz CT molecular complexity index is 1560. The molecule has 2 saturated heterocycles. The molecule has 7 atom stereocenters. The van der Waals surface area contributed by atoms with Gasteiger partial charge in [0.15, 0.2) is 0 Å². The molecule has 45 heavy (non-hydrogen) atoms. The molecule has 3 heterocycles. The number of hydrogen-bond acceptors (Lipinski definition) is 6. The molecule has 1 amide bonds. The van der Waals surface area contributed by atoms with Gasteiger partial charge < -0.3 is 14.6 Å². The third-order valence-corrected chi connectivity index (χ3v) is 11.5. The maximum absolute atomic E-state index is 13.6. The van der Waals surface area contributed by atoms with Crippen molar-refractivity contribution in [3.8, 4) is 0 Å². The second-order valence-corrected chi connectivity index (χ2v) is 15.4. The number of amides is 1. The van der Waals surface area contributed by atoms with Crippen molar-refractivity contribution in [2.45, 2.75) is 96.5 Å². The molecule has 0 radical (unpaired) electrons. The number of fused-ring (bicyclic) bond motifs is 1. The number of halogens is 1. The number of aromatic nitrogens is 1. The lowest BCUT2D eigenvalue weighted by Gasteiger charge is -2.64. The molecule has 5 aliphatic rings. The number of carbonyl (C=O) groups is 1. The number of nitrogens with one attached hydrogen (secondary N) is 1. The van der Waals surface area contributed by atoms with E-state index in [0.29, 0.717) is 30.0 Å². The molecule has 2 unspecified atom stereocenters. The van der Waals surface area contributed by atoms with Gasteiger partial charge in [0.05, 0.1) is 29.8 Å². The van der Waals surface area contributed by atoms with Gasteiger partial charge in [0, 0.05) is 29.6 Å². The highest BCUT2D eigenvalue weighted by Gasteiger charge is 2.69. The zero-order valence-corrected chi connectivity index (χ0v) is 27.8. The van der Waals surface area contributed by atoms with E-state index in [9.17, 15) is 4.79 Å². The summed E-state index contributed by atoms with van der Waals surface area (Å²) in [5, 5.41) is 7.89. The van der Waals surface area contributed by atoms with Crippen molar-refractivity contribution in [3.05, 3.63) is 77.1 Å². The van der Waals surface area contributed by atoms with Crippen molar-refractivity contribution >= 4 is 35.4 Å². The summed E-state index contributed by atoms with van der Waals surface area (Å²) in [6.07, 6.45) is 6.31. The molecule has 3 aromatic rings. The minimum Gasteiger partial charge on any atom is -0.404 e. The molecule has 0 spiro atoms. The first-order chi connectivity index (χ1) is 21.5. The van der Waals surface area contributed by atoms with Crippen LogP contribution in [0.1, 0.15) is 76.4 Å². The van der Waals surface area contributed by atoms with Crippen molar-refractivity contribution in [3.63, 3.8) is 0 Å². The molecule has 3 saturated carbocycles. The predicted molar refractivity (Wildman–Crippen MR) is 178 cm³/mol. The van der Waals surface area contributed by atoms with Gasteiger partial charge in [-0.3, -0.25) is 14.6 Å². The summed E-state index contributed by atoms with van der Waals surface area (Å²) in [5.41, 5.74) is 1.54. The van der Waals surface area contributed by atoms with Gasteiger partial charge in [0.25, 0.3) is 5.91 Å². The van der Waals surface area contributed by atoms with E-state index in [1.54, 1.807) is 6.20 Å². The van der Waals surface area contributed by atoms with Crippen molar-refractivity contribution in [2.24, 2.45) is 23.2 Å². The third-order valence-electron chi connectivity index (χ3n) is 11.2. The van der Waals surface area contributed by atoms with Crippen LogP contribution < -0.4 is 5.32 Å². The first-order valence-electron chi connectivity index (χ1n) is 16.7. The lowest BCUT2D eigenvalue weighted by atomic mass is 9.43. The van der Waals surface area contributed by atoms with Gasteiger partial charge >= 0.3 is 7.12 Å². The van der Waals surface area contributed by atoms with Gasteiger partial charge in [0.2, 0.25) is 0 Å². The molecule has 1 aromatic heterocycles. The predicted octanol–water partition coefficient (Wildman–Crippen LogP) is 6.92. The molecule has 5 fully saturated rings. The number of hydrogen-bond donors (Lipinski definition) is 1. The topological polar surface area (TPSA) is 72.9 Å². The molecule has 3 aliphatic carbocycles. The van der Waals surface area contributed by atoms with Gasteiger partial charge in [-0.15, -0.1) is 0 Å². The van der Waals surface area contributed by atoms with Gasteiger partial charge in [-0.25, -0.2) is 0 Å². The van der Waals surface area contributed by atoms with Gasteiger partial charge in [-0.2, -0.15) is 5.06 Å². The van der Waals surface area contributed by atoms with Crippen molar-refractivity contribution < 1.29 is 18.9 Å². The number of pyridine rings is 1. The summed E-state index contributed by atoms with van der Waals surface area (Å²) in [6.45, 7) is 12.0. The number of carbonyl (C=O) groups excluding carboxylic acids is 1. The largest absolute Gasteiger partial charge is 0.478 e. The van der Waals surface area contributed by atoms with Crippen LogP contribution in [-0.4, -0.2) is 59.4 Å². The maximum Gasteiger partial charge on any atom is 0.478 e. The van der Waals surface area contributed by atoms with Crippen LogP contribution in [0.25, 0.3) is 10.8 Å². The molecule has 8 rings (SSSR count). The Balaban J connectivity index is 1.14. The van der Waals surface area contributed by atoms with Crippen LogP contribution in [0.3, 0.4) is 0 Å². The highest BCUT2D eigenvalue weighted by atomic mass is 35.5. The molecule has 2 aromatic carbocycles. The second kappa shape index (κ2) is 12.0. The molecule has 1 N–H and O–H groups in total. The first-order valence-corrected chi connectivity index (χ1v) is 17.1. The molecule has 2 aliphatic heterocycles. The van der Waals surface area contributed by atoms with Crippen LogP contribution in [0.15, 0.2) is 60.8 Å². The first kappa shape index (κ1) is 31.1. The standard InChI is InChI=1S/C36H45BClN3O4/c1-22(2)15-32(37-43-31-19-25-18-30(35(25,3)4)36(31,5)45-37)41-27(20-28(44-41)17-23-9-8-11-26(38)16-23)21-40-34(42)33-29-12-7-6-10-24(29)13-14-39-33/h6-14,16,22,25,27-28,30-32H,15,17-21H2,1-5H3,(H,40,42)/t25-,27?,28?,30-,31+,32-,36-/m0/s1. The maximum atomic E-state index is 13.6. The van der Waals surface area contributed by atoms with Crippen LogP contribution in [0, 0.1) is 23.2 Å². The number of nitrogens with zero attached hydrogens (tertiary/aromatic N) is 2. The molecular weight excluding hydrogens is 585 g/mol. The van der Waals surface area contributed by atoms with Crippen LogP contribution in [-0.2, 0) is 20.6 Å². The van der Waals surface area contributed by atoms with Crippen LogP contribution >= 0.6 is 11.6 Å². The van der Waals surface area contributed by atoms with Crippen molar-refractivity contribution in [2.75, 3.05) is 6.54 Å². The fourth-order valence-electron chi connectivity index (χ4n) is 8.75. The lowest BCUT2D eigenvalue weighted by molar-refractivity contribution is -0.200. The minimum atomic E-state index is -0.402. The number of benzene rings is 2. The van der Waals surface area contributed by atoms with E-state index in [0.717, 1.165) is 47.0 Å². The Morgan fingerprint density at radius 3 is 2.71 bits per heavy atom. The fourth-order valence-corrected chi connectivity index (χ4v) is 8.97. The summed E-state index contributed by atoms with van der Waals surface area (Å²) in [7, 11) is -0.402. The summed E-state index contributed by atoms with van der Waals surface area (Å²) in [6, 6.07) is 17.7. The summed E-state index contributed by atoms with van der Waals surface area (Å²) >= 11 is 6.34. The molecule has 7 nitrogen and oxygen atoms in total. The Kier molecular flexibility index (Phi) is 8.27. The van der Waals surface area contributed by atoms with Gasteiger partial charge in [0.1, 0.15) is 5.69 Å². The van der Waals surface area contributed by atoms with E-state index in [-0.39, 0.29) is 41.1 Å². The van der Waals surface area contributed by atoms with Crippen molar-refractivity contribution in [1.82, 2.24) is 15.4 Å². The Hall–Kier alpha value is -2.49. The second-order valence-electron chi connectivity index (χ2n) is 14.9. The van der Waals surface area contributed by atoms with Gasteiger partial charge in [-0.1, -0.05) is 75.7 Å². The SMILES string of the molecule is CC(C)C[C@@H](B1O[C@@H]2C[C@@H]3C[C@@H](C3(C)C)[C@]2(C)O1)N1OC(Cc2cccc(Cl)c2)CC1CNC(=O)c1nccc2ccccc12. The van der Waals surface area contributed by atoms with E-state index in [2.05, 4.69) is 56.0 Å². The van der Waals surface area contributed by atoms with Crippen LogP contribution in [0.4, 0.5) is 0 Å². The highest BCUT2D eigenvalue weighted by molar-refractivity contribution is 6.47. The summed E-state index contributed by atoms with van der Waals surface area (Å²) < 4.78 is 13.9. The normalized spacial score (nSPS) is 31.2. The Labute approximate surface area is 272 Å². The van der Waals surface area contributed by atoms with Crippen molar-refractivity contribution in [1.29, 1.82) is 0 Å². The molecule has 9 heteroatoms. The Morgan fingerprint density at radius 1 is 1.11 bits per heavy atom. The minimum absolute atomic E-state index is 0.0652. The van der Waals surface area contributed by atoms with E-state index in [1.165, 1.54) is 6.42 Å². The lowest BCUT2D eigenvalue weighted by Crippen LogP contribution is -2.65. The highest BCUT2D eigenvalue weighted by Crippen LogP contribution is 2.66. The smallest absolute Gasteiger partial charge is 0.404 e. The third kappa shape index (κ3) is 5.71. The van der Waals surface area contributed by atoms with E-state index in [4.69, 9.17) is 25.7 Å². The molecule has 2 bridgehead atoms. The average molecular weight is 630 g/mol. The summed E-state index contributed by atoms with van der Waals surface area (Å²) in [5.74, 6) is 1.27. The fraction of sp³-hybridized carbons (Fsp3) is 0.556. The average Bonchev–Trinajstić information content (AvgIpc) is 3.58. The molecular formula is C36H45BClN3O4. The van der Waals surface area contributed by atoms with Crippen LogP contribution in [0.5, 0.6) is 0 Å². The zero-order valence-electron chi connectivity index (χ0n) is 27.0. The monoisotopic (exact) mass is 629 g/mol.